The van der Waals surface area contributed by atoms with E-state index < -0.39 is 5.97 Å². The fourth-order valence-corrected chi connectivity index (χ4v) is 11.2. The van der Waals surface area contributed by atoms with Gasteiger partial charge in [0.25, 0.3) is 0 Å². The summed E-state index contributed by atoms with van der Waals surface area (Å²) in [5.74, 6) is 7.68. The summed E-state index contributed by atoms with van der Waals surface area (Å²) in [7, 11) is 3.26. The number of ketones is 1. The minimum Gasteiger partial charge on any atom is -0.487 e. The molecule has 0 saturated carbocycles. The lowest BCUT2D eigenvalue weighted by Crippen LogP contribution is -2.09. The monoisotopic (exact) mass is 1040 g/mol. The number of methoxy groups -OCH3 is 2. The van der Waals surface area contributed by atoms with Gasteiger partial charge < -0.3 is 44.1 Å². The van der Waals surface area contributed by atoms with Crippen LogP contribution in [0.3, 0.4) is 0 Å². The Labute approximate surface area is 448 Å². The summed E-state index contributed by atoms with van der Waals surface area (Å²) in [6.07, 6.45) is 2.72. The lowest BCUT2D eigenvalue weighted by atomic mass is 9.85. The number of aromatic nitrogens is 6. The standard InChI is InChI=1S/C62H65N7O8/c1-9-43-34(2)47-30-53-58(36(4)49(67-53)28-48-35(3)44(18-19-57(71)72)60(68-48)46-26-54(70)59-37(5)50(69-61(46)59)29-52(43)66-47)38(6)77-32-41-14-10-12-39(24-41)16-17-40-13-11-15-42(25-40)65-62-45-27-55(75-22-20-73-7)56(76-23-21-74-8)31-51(45)63-33-64-62/h10-15,24-25,27-31,33-35,38,43-44,67,69H,9,18-23,26,32H2,1-8H3,(H,71,72)(H,63,64,65)/t34?,35-,38?,43?,44-/m0/s1. The molecule has 3 unspecified atom stereocenters. The van der Waals surface area contributed by atoms with E-state index in [9.17, 15) is 14.7 Å². The van der Waals surface area contributed by atoms with Gasteiger partial charge in [0.15, 0.2) is 17.3 Å². The Balaban J connectivity index is 0.934. The van der Waals surface area contributed by atoms with Crippen molar-refractivity contribution in [2.24, 2.45) is 0 Å². The highest BCUT2D eigenvalue weighted by atomic mass is 16.5. The number of nitrogens with zero attached hydrogens (tertiary/aromatic N) is 4. The number of carbonyl (C=O) groups is 2. The molecule has 3 aromatic carbocycles. The molecule has 4 N–H and O–H groups in total. The van der Waals surface area contributed by atoms with Gasteiger partial charge in [-0.25, -0.2) is 9.97 Å². The molecule has 0 amide bonds. The van der Waals surface area contributed by atoms with Crippen LogP contribution in [0.1, 0.15) is 149 Å². The molecule has 0 radical (unpaired) electrons. The average molecular weight is 1040 g/mol. The van der Waals surface area contributed by atoms with Crippen molar-refractivity contribution in [2.75, 3.05) is 46.0 Å². The number of hydrogen-bond acceptors (Lipinski definition) is 12. The maximum absolute atomic E-state index is 13.8. The number of nitrogens with one attached hydrogen (secondary N) is 3. The van der Waals surface area contributed by atoms with Crippen LogP contribution in [-0.4, -0.2) is 87.4 Å². The van der Waals surface area contributed by atoms with Crippen LogP contribution in [0, 0.1) is 25.7 Å². The van der Waals surface area contributed by atoms with Crippen LogP contribution in [0.2, 0.25) is 0 Å². The SMILES string of the molecule is CCC1c2cc3[nH]c4c(c5nc(cc6[nH]c(cc(n2)C1C)c(C(C)OCc1cccc(C#Cc2cccc(Nc7ncnc8cc(OCCOC)c(OCCOC)cc78)c2)c1)c6C)[C@@H](C)[C@@H]5CCC(=O)O)CC(=O)c4c3C. The van der Waals surface area contributed by atoms with Gasteiger partial charge in [-0.15, -0.1) is 0 Å². The highest BCUT2D eigenvalue weighted by molar-refractivity contribution is 6.13. The Morgan fingerprint density at radius 3 is 2.21 bits per heavy atom. The van der Waals surface area contributed by atoms with Crippen molar-refractivity contribution in [2.45, 2.75) is 104 Å². The maximum atomic E-state index is 13.8. The Morgan fingerprint density at radius 1 is 0.792 bits per heavy atom. The molecule has 0 spiro atoms. The third-order valence-electron chi connectivity index (χ3n) is 15.3. The summed E-state index contributed by atoms with van der Waals surface area (Å²) >= 11 is 0. The number of aliphatic carboxylic acids is 1. The summed E-state index contributed by atoms with van der Waals surface area (Å²) in [6.45, 7) is 14.6. The Morgan fingerprint density at radius 2 is 1.47 bits per heavy atom. The predicted octanol–water partition coefficient (Wildman–Crippen LogP) is 12.1. The Hall–Kier alpha value is -7.90. The largest absolute Gasteiger partial charge is 0.487 e. The second-order valence-electron chi connectivity index (χ2n) is 20.3. The Bertz CT molecular complexity index is 3650. The third-order valence-corrected chi connectivity index (χ3v) is 15.3. The van der Waals surface area contributed by atoms with E-state index in [-0.39, 0.29) is 48.4 Å². The van der Waals surface area contributed by atoms with Gasteiger partial charge in [0.2, 0.25) is 0 Å². The summed E-state index contributed by atoms with van der Waals surface area (Å²) in [5, 5.41) is 14.0. The second kappa shape index (κ2) is 22.7. The zero-order valence-corrected chi connectivity index (χ0v) is 44.9. The number of carbonyl (C=O) groups excluding carboxylic acids is 1. The second-order valence-corrected chi connectivity index (χ2v) is 20.3. The maximum Gasteiger partial charge on any atom is 0.303 e. The quantitative estimate of drug-likeness (QED) is 0.0469. The predicted molar refractivity (Wildman–Crippen MR) is 298 cm³/mol. The highest BCUT2D eigenvalue weighted by Gasteiger charge is 2.36. The molecule has 7 aromatic rings. The van der Waals surface area contributed by atoms with Gasteiger partial charge in [0, 0.05) is 129 Å². The first-order chi connectivity index (χ1) is 37.3. The van der Waals surface area contributed by atoms with Crippen LogP contribution < -0.4 is 14.8 Å². The van der Waals surface area contributed by atoms with Crippen LogP contribution in [0.4, 0.5) is 11.5 Å². The number of aryl methyl sites for hydroxylation is 2. The molecule has 8 bridgehead atoms. The van der Waals surface area contributed by atoms with E-state index in [0.717, 1.165) is 101 Å². The van der Waals surface area contributed by atoms with Gasteiger partial charge in [-0.1, -0.05) is 50.8 Å². The van der Waals surface area contributed by atoms with Gasteiger partial charge >= 0.3 is 5.97 Å². The number of rotatable bonds is 18. The first-order valence-corrected chi connectivity index (χ1v) is 26.5. The lowest BCUT2D eigenvalue weighted by molar-refractivity contribution is -0.137. The molecule has 6 heterocycles. The first-order valence-electron chi connectivity index (χ1n) is 26.5. The van der Waals surface area contributed by atoms with Crippen molar-refractivity contribution in [1.29, 1.82) is 0 Å². The molecule has 15 heteroatoms. The first kappa shape index (κ1) is 52.5. The molecular formula is C62H65N7O8. The number of hydrogen-bond donors (Lipinski definition) is 4. The van der Waals surface area contributed by atoms with Crippen molar-refractivity contribution >= 4 is 56.2 Å². The van der Waals surface area contributed by atoms with Crippen molar-refractivity contribution in [1.82, 2.24) is 29.9 Å². The number of carboxylic acid groups (broad SMARTS) is 1. The van der Waals surface area contributed by atoms with Crippen molar-refractivity contribution < 1.29 is 38.4 Å². The van der Waals surface area contributed by atoms with Gasteiger partial charge in [0.1, 0.15) is 25.4 Å². The molecule has 3 aliphatic rings. The van der Waals surface area contributed by atoms with Crippen LogP contribution in [0.25, 0.3) is 33.0 Å². The van der Waals surface area contributed by atoms with Gasteiger partial charge in [0.05, 0.1) is 42.7 Å². The van der Waals surface area contributed by atoms with Crippen LogP contribution in [0.5, 0.6) is 11.5 Å². The smallest absolute Gasteiger partial charge is 0.303 e. The molecule has 0 fully saturated rings. The lowest BCUT2D eigenvalue weighted by Gasteiger charge is -2.16. The number of anilines is 2. The van der Waals surface area contributed by atoms with Gasteiger partial charge in [-0.3, -0.25) is 19.6 Å². The zero-order valence-electron chi connectivity index (χ0n) is 44.9. The summed E-state index contributed by atoms with van der Waals surface area (Å²) in [4.78, 5) is 52.8. The molecule has 1 aliphatic carbocycles. The zero-order chi connectivity index (χ0) is 53.9. The van der Waals surface area contributed by atoms with Gasteiger partial charge in [-0.05, 0) is 105 Å². The van der Waals surface area contributed by atoms with Crippen LogP contribution in [0.15, 0.2) is 85.2 Å². The fraction of sp³-hybridized carbons (Fsp3) is 0.355. The number of ether oxygens (including phenoxy) is 5. The number of Topliss-reactive ketones (excluding diaryl/α,β-unsaturated/α-hetero) is 1. The number of H-pyrrole nitrogens is 2. The van der Waals surface area contributed by atoms with Crippen LogP contribution in [-0.2, 0) is 32.0 Å². The molecule has 4 aromatic heterocycles. The topological polar surface area (TPSA) is 196 Å². The molecule has 2 aliphatic heterocycles. The third kappa shape index (κ3) is 10.9. The van der Waals surface area contributed by atoms with Crippen LogP contribution >= 0.6 is 0 Å². The minimum absolute atomic E-state index is 0.00112. The molecule has 10 rings (SSSR count). The van der Waals surface area contributed by atoms with E-state index in [1.807, 2.05) is 55.5 Å². The van der Waals surface area contributed by atoms with Crippen molar-refractivity contribution in [3.63, 3.8) is 0 Å². The van der Waals surface area contributed by atoms with E-state index in [1.165, 1.54) is 6.33 Å². The van der Waals surface area contributed by atoms with E-state index >= 15 is 0 Å². The molecule has 0 saturated heterocycles. The molecule has 77 heavy (non-hydrogen) atoms. The van der Waals surface area contributed by atoms with Crippen molar-refractivity contribution in [3.05, 3.63) is 152 Å². The summed E-state index contributed by atoms with van der Waals surface area (Å²) in [6, 6.07) is 26.1. The number of benzene rings is 3. The number of fused-ring (bicyclic) bond motifs is 9. The fourth-order valence-electron chi connectivity index (χ4n) is 11.2. The van der Waals surface area contributed by atoms with E-state index in [2.05, 4.69) is 102 Å². The van der Waals surface area contributed by atoms with E-state index in [4.69, 9.17) is 33.7 Å². The summed E-state index contributed by atoms with van der Waals surface area (Å²) in [5.41, 5.74) is 15.7. The molecule has 15 nitrogen and oxygen atoms in total. The van der Waals surface area contributed by atoms with E-state index in [1.54, 1.807) is 14.2 Å². The highest BCUT2D eigenvalue weighted by Crippen LogP contribution is 2.46. The molecular weight excluding hydrogens is 971 g/mol. The minimum atomic E-state index is -0.856. The van der Waals surface area contributed by atoms with Gasteiger partial charge in [-0.2, -0.15) is 0 Å². The molecule has 396 valence electrons. The molecule has 5 atom stereocenters. The number of carboxylic acids is 1. The van der Waals surface area contributed by atoms with E-state index in [0.29, 0.717) is 67.9 Å². The average Bonchev–Trinajstić information content (AvgIpc) is 4.31. The van der Waals surface area contributed by atoms with Crippen molar-refractivity contribution in [3.8, 4) is 23.3 Å². The normalized spacial score (nSPS) is 17.1. The number of aromatic amines is 2. The summed E-state index contributed by atoms with van der Waals surface area (Å²) < 4.78 is 29.2. The Kier molecular flexibility index (Phi) is 15.5.